The Balaban J connectivity index is 1.91. The molecular formula is C8H17N3O. The molecule has 4 heteroatoms. The van der Waals surface area contributed by atoms with E-state index in [0.717, 1.165) is 13.1 Å². The molecule has 0 bridgehead atoms. The van der Waals surface area contributed by atoms with Crippen molar-refractivity contribution in [1.29, 1.82) is 0 Å². The third-order valence-corrected chi connectivity index (χ3v) is 2.10. The van der Waals surface area contributed by atoms with Gasteiger partial charge in [0.1, 0.15) is 0 Å². The van der Waals surface area contributed by atoms with Gasteiger partial charge < -0.3 is 16.0 Å². The Kier molecular flexibility index (Phi) is 4.04. The van der Waals surface area contributed by atoms with Gasteiger partial charge in [-0.1, -0.05) is 0 Å². The van der Waals surface area contributed by atoms with E-state index < -0.39 is 0 Å². The van der Waals surface area contributed by atoms with Crippen LogP contribution in [0.2, 0.25) is 0 Å². The van der Waals surface area contributed by atoms with Gasteiger partial charge in [-0.05, 0) is 25.9 Å². The maximum absolute atomic E-state index is 10.3. The Labute approximate surface area is 73.1 Å². The molecule has 70 valence electrons. The number of amides is 1. The minimum absolute atomic E-state index is 0.281. The molecule has 0 atom stereocenters. The monoisotopic (exact) mass is 171 g/mol. The lowest BCUT2D eigenvalue weighted by atomic mass is 10.4. The van der Waals surface area contributed by atoms with Gasteiger partial charge in [0.25, 0.3) is 0 Å². The number of likely N-dealkylation sites (tertiary alicyclic amines) is 1. The Morgan fingerprint density at radius 3 is 2.67 bits per heavy atom. The van der Waals surface area contributed by atoms with Crippen LogP contribution in [0.15, 0.2) is 0 Å². The first-order chi connectivity index (χ1) is 5.79. The van der Waals surface area contributed by atoms with Crippen LogP contribution >= 0.6 is 0 Å². The van der Waals surface area contributed by atoms with Gasteiger partial charge in [-0.2, -0.15) is 0 Å². The van der Waals surface area contributed by atoms with Gasteiger partial charge in [0, 0.05) is 13.1 Å². The number of nitrogens with one attached hydrogen (secondary N) is 1. The Hall–Kier alpha value is -0.610. The fraction of sp³-hybridized carbons (Fsp3) is 0.875. The smallest absolute Gasteiger partial charge is 0.231 e. The van der Waals surface area contributed by atoms with Crippen molar-refractivity contribution in [2.24, 2.45) is 5.73 Å². The molecule has 0 aromatic carbocycles. The molecule has 0 unspecified atom stereocenters. The molecule has 4 nitrogen and oxygen atoms in total. The second kappa shape index (κ2) is 5.11. The van der Waals surface area contributed by atoms with Gasteiger partial charge in [0.15, 0.2) is 0 Å². The highest BCUT2D eigenvalue weighted by atomic mass is 16.1. The van der Waals surface area contributed by atoms with Gasteiger partial charge in [-0.25, -0.2) is 0 Å². The summed E-state index contributed by atoms with van der Waals surface area (Å²) in [4.78, 5) is 12.7. The fourth-order valence-corrected chi connectivity index (χ4v) is 1.45. The summed E-state index contributed by atoms with van der Waals surface area (Å²) < 4.78 is 0. The van der Waals surface area contributed by atoms with Crippen molar-refractivity contribution < 1.29 is 4.79 Å². The van der Waals surface area contributed by atoms with Crippen LogP contribution in [0.4, 0.5) is 0 Å². The van der Waals surface area contributed by atoms with Crippen LogP contribution in [0.3, 0.4) is 0 Å². The van der Waals surface area contributed by atoms with E-state index in [4.69, 9.17) is 5.73 Å². The van der Waals surface area contributed by atoms with Crippen molar-refractivity contribution in [2.75, 3.05) is 32.7 Å². The maximum atomic E-state index is 10.3. The first kappa shape index (κ1) is 9.48. The summed E-state index contributed by atoms with van der Waals surface area (Å²) in [5.74, 6) is -0.281. The normalized spacial score (nSPS) is 18.3. The van der Waals surface area contributed by atoms with E-state index in [1.54, 1.807) is 0 Å². The molecule has 0 saturated carbocycles. The van der Waals surface area contributed by atoms with E-state index in [9.17, 15) is 4.79 Å². The van der Waals surface area contributed by atoms with Gasteiger partial charge in [0.05, 0.1) is 6.54 Å². The SMILES string of the molecule is NC(=O)CNCCN1CCCC1. The minimum Gasteiger partial charge on any atom is -0.369 e. The summed E-state index contributed by atoms with van der Waals surface area (Å²) in [6.45, 7) is 4.61. The third kappa shape index (κ3) is 3.69. The lowest BCUT2D eigenvalue weighted by Crippen LogP contribution is -2.34. The maximum Gasteiger partial charge on any atom is 0.231 e. The summed E-state index contributed by atoms with van der Waals surface area (Å²) in [6.07, 6.45) is 2.63. The van der Waals surface area contributed by atoms with E-state index in [-0.39, 0.29) is 5.91 Å². The zero-order valence-corrected chi connectivity index (χ0v) is 7.38. The number of hydrogen-bond acceptors (Lipinski definition) is 3. The third-order valence-electron chi connectivity index (χ3n) is 2.10. The van der Waals surface area contributed by atoms with Crippen LogP contribution in [-0.4, -0.2) is 43.5 Å². The van der Waals surface area contributed by atoms with Crippen LogP contribution in [0.25, 0.3) is 0 Å². The molecule has 3 N–H and O–H groups in total. The van der Waals surface area contributed by atoms with Crippen molar-refractivity contribution in [3.63, 3.8) is 0 Å². The predicted octanol–water partition coefficient (Wildman–Crippen LogP) is -0.843. The summed E-state index contributed by atoms with van der Waals surface area (Å²) in [6, 6.07) is 0. The van der Waals surface area contributed by atoms with Crippen LogP contribution in [-0.2, 0) is 4.79 Å². The highest BCUT2D eigenvalue weighted by Crippen LogP contribution is 2.05. The van der Waals surface area contributed by atoms with Crippen molar-refractivity contribution in [1.82, 2.24) is 10.2 Å². The van der Waals surface area contributed by atoms with Crippen molar-refractivity contribution in [2.45, 2.75) is 12.8 Å². The van der Waals surface area contributed by atoms with Crippen LogP contribution in [0.5, 0.6) is 0 Å². The van der Waals surface area contributed by atoms with E-state index in [0.29, 0.717) is 6.54 Å². The van der Waals surface area contributed by atoms with Crippen molar-refractivity contribution >= 4 is 5.91 Å². The Bertz CT molecular complexity index is 143. The zero-order chi connectivity index (χ0) is 8.81. The number of nitrogens with two attached hydrogens (primary N) is 1. The lowest BCUT2D eigenvalue weighted by molar-refractivity contribution is -0.117. The highest BCUT2D eigenvalue weighted by Gasteiger charge is 2.09. The molecule has 1 saturated heterocycles. The van der Waals surface area contributed by atoms with Gasteiger partial charge in [0.2, 0.25) is 5.91 Å². The van der Waals surface area contributed by atoms with Gasteiger partial charge in [-0.3, -0.25) is 4.79 Å². The topological polar surface area (TPSA) is 58.4 Å². The summed E-state index contributed by atoms with van der Waals surface area (Å²) in [7, 11) is 0. The molecule has 1 rings (SSSR count). The average Bonchev–Trinajstić information content (AvgIpc) is 2.49. The molecule has 0 aromatic heterocycles. The molecule has 1 fully saturated rings. The molecule has 0 radical (unpaired) electrons. The Morgan fingerprint density at radius 1 is 1.42 bits per heavy atom. The van der Waals surface area contributed by atoms with Gasteiger partial charge >= 0.3 is 0 Å². The van der Waals surface area contributed by atoms with Crippen LogP contribution in [0.1, 0.15) is 12.8 Å². The molecule has 0 aromatic rings. The molecule has 12 heavy (non-hydrogen) atoms. The molecule has 1 heterocycles. The zero-order valence-electron chi connectivity index (χ0n) is 7.38. The average molecular weight is 171 g/mol. The van der Waals surface area contributed by atoms with Crippen LogP contribution in [0, 0.1) is 0 Å². The predicted molar refractivity (Wildman–Crippen MR) is 47.7 cm³/mol. The molecule has 0 aliphatic carbocycles. The number of carbonyl (C=O) groups is 1. The van der Waals surface area contributed by atoms with Crippen LogP contribution < -0.4 is 11.1 Å². The number of carbonyl (C=O) groups excluding carboxylic acids is 1. The quantitative estimate of drug-likeness (QED) is 0.530. The highest BCUT2D eigenvalue weighted by molar-refractivity contribution is 5.75. The number of primary amides is 1. The summed E-state index contributed by atoms with van der Waals surface area (Å²) >= 11 is 0. The second-order valence-electron chi connectivity index (χ2n) is 3.19. The summed E-state index contributed by atoms with van der Waals surface area (Å²) in [5.41, 5.74) is 4.97. The molecule has 1 aliphatic rings. The number of nitrogens with zero attached hydrogens (tertiary/aromatic N) is 1. The van der Waals surface area contributed by atoms with Crippen molar-refractivity contribution in [3.05, 3.63) is 0 Å². The van der Waals surface area contributed by atoms with E-state index in [2.05, 4.69) is 10.2 Å². The standard InChI is InChI=1S/C8H17N3O/c9-8(12)7-10-3-6-11-4-1-2-5-11/h10H,1-7H2,(H2,9,12). The first-order valence-corrected chi connectivity index (χ1v) is 4.50. The van der Waals surface area contributed by atoms with Crippen molar-refractivity contribution in [3.8, 4) is 0 Å². The van der Waals surface area contributed by atoms with E-state index >= 15 is 0 Å². The fourth-order valence-electron chi connectivity index (χ4n) is 1.45. The first-order valence-electron chi connectivity index (χ1n) is 4.50. The minimum atomic E-state index is -0.281. The Morgan fingerprint density at radius 2 is 2.08 bits per heavy atom. The summed E-state index contributed by atoms with van der Waals surface area (Å²) in [5, 5.41) is 3.00. The number of hydrogen-bond donors (Lipinski definition) is 2. The molecule has 0 spiro atoms. The van der Waals surface area contributed by atoms with E-state index in [1.807, 2.05) is 0 Å². The second-order valence-corrected chi connectivity index (χ2v) is 3.19. The largest absolute Gasteiger partial charge is 0.369 e. The lowest BCUT2D eigenvalue weighted by Gasteiger charge is -2.13. The molecule has 1 amide bonds. The van der Waals surface area contributed by atoms with Gasteiger partial charge in [-0.15, -0.1) is 0 Å². The van der Waals surface area contributed by atoms with E-state index in [1.165, 1.54) is 25.9 Å². The molecule has 1 aliphatic heterocycles. The molecular weight excluding hydrogens is 154 g/mol. The number of rotatable bonds is 5.